The van der Waals surface area contributed by atoms with Crippen molar-refractivity contribution in [3.05, 3.63) is 76.0 Å². The Balaban J connectivity index is 2.10. The summed E-state index contributed by atoms with van der Waals surface area (Å²) >= 11 is 12.0. The smallest absolute Gasteiger partial charge is 0.268 e. The van der Waals surface area contributed by atoms with Gasteiger partial charge in [0.15, 0.2) is 0 Å². The molecule has 1 heterocycles. The summed E-state index contributed by atoms with van der Waals surface area (Å²) < 4.78 is 55.1. The molecule has 0 saturated heterocycles. The molecule has 0 radical (unpaired) electrons. The molecule has 0 aliphatic carbocycles. The van der Waals surface area contributed by atoms with E-state index < -0.39 is 20.0 Å². The number of sulfonamides is 1. The third kappa shape index (κ3) is 3.65. The van der Waals surface area contributed by atoms with E-state index in [0.29, 0.717) is 0 Å². The Morgan fingerprint density at radius 2 is 1.54 bits per heavy atom. The van der Waals surface area contributed by atoms with Gasteiger partial charge in [-0.2, -0.15) is 0 Å². The van der Waals surface area contributed by atoms with Crippen LogP contribution in [0.3, 0.4) is 0 Å². The van der Waals surface area contributed by atoms with E-state index in [-0.39, 0.29) is 36.9 Å². The van der Waals surface area contributed by atoms with Gasteiger partial charge in [-0.25, -0.2) is 20.8 Å². The molecule has 3 aromatic rings. The summed E-state index contributed by atoms with van der Waals surface area (Å²) in [6.07, 6.45) is 0. The third-order valence-corrected chi connectivity index (χ3v) is 8.30. The van der Waals surface area contributed by atoms with Crippen molar-refractivity contribution < 1.29 is 16.8 Å². The van der Waals surface area contributed by atoms with Crippen molar-refractivity contribution in [1.82, 2.24) is 3.97 Å². The maximum Gasteiger partial charge on any atom is 0.268 e. The molecule has 0 unspecified atom stereocenters. The molecule has 0 aliphatic rings. The Morgan fingerprint density at radius 1 is 0.893 bits per heavy atom. The lowest BCUT2D eigenvalue weighted by Crippen LogP contribution is -2.18. The average molecular weight is 459 g/mol. The first-order chi connectivity index (χ1) is 13.1. The van der Waals surface area contributed by atoms with Crippen LogP contribution in [0.5, 0.6) is 0 Å². The van der Waals surface area contributed by atoms with E-state index in [1.807, 2.05) is 0 Å². The van der Waals surface area contributed by atoms with E-state index in [2.05, 4.69) is 4.72 Å². The summed E-state index contributed by atoms with van der Waals surface area (Å²) in [6, 6.07) is 13.6. The maximum absolute atomic E-state index is 13.0. The summed E-state index contributed by atoms with van der Waals surface area (Å²) in [7, 11) is -8.06. The Bertz CT molecular complexity index is 1250. The number of benzene rings is 2. The van der Waals surface area contributed by atoms with Crippen molar-refractivity contribution in [2.75, 3.05) is 4.72 Å². The predicted molar refractivity (Wildman–Crippen MR) is 110 cm³/mol. The highest BCUT2D eigenvalue weighted by molar-refractivity contribution is 7.93. The number of aryl methyl sites for hydroxylation is 1. The minimum absolute atomic E-state index is 0.0541. The summed E-state index contributed by atoms with van der Waals surface area (Å²) in [4.78, 5) is -0.104. The van der Waals surface area contributed by atoms with Crippen molar-refractivity contribution in [3.8, 4) is 0 Å². The lowest BCUT2D eigenvalue weighted by molar-refractivity contribution is 0.584. The molecule has 3 rings (SSSR count). The Kier molecular flexibility index (Phi) is 5.51. The van der Waals surface area contributed by atoms with Crippen LogP contribution in [0.15, 0.2) is 64.4 Å². The van der Waals surface area contributed by atoms with Gasteiger partial charge in [0.2, 0.25) is 0 Å². The van der Waals surface area contributed by atoms with Crippen LogP contribution >= 0.6 is 23.2 Å². The zero-order valence-electron chi connectivity index (χ0n) is 14.8. The van der Waals surface area contributed by atoms with Crippen molar-refractivity contribution >= 4 is 48.9 Å². The molecule has 0 saturated carbocycles. The lowest BCUT2D eigenvalue weighted by Gasteiger charge is -2.12. The molecule has 28 heavy (non-hydrogen) atoms. The second kappa shape index (κ2) is 7.44. The van der Waals surface area contributed by atoms with Crippen LogP contribution in [0, 0.1) is 13.8 Å². The molecule has 2 aromatic carbocycles. The number of halogens is 2. The zero-order chi connectivity index (χ0) is 20.7. The zero-order valence-corrected chi connectivity index (χ0v) is 18.0. The molecule has 0 atom stereocenters. The van der Waals surface area contributed by atoms with E-state index in [4.69, 9.17) is 23.2 Å². The molecule has 0 spiro atoms. The van der Waals surface area contributed by atoms with Crippen LogP contribution in [0.1, 0.15) is 11.4 Å². The van der Waals surface area contributed by atoms with Gasteiger partial charge < -0.3 is 0 Å². The van der Waals surface area contributed by atoms with Gasteiger partial charge in [-0.05, 0) is 44.2 Å². The van der Waals surface area contributed by atoms with Crippen LogP contribution in [0.2, 0.25) is 10.0 Å². The predicted octanol–water partition coefficient (Wildman–Crippen LogP) is 4.45. The molecular formula is C18H16Cl2N2O4S2. The Morgan fingerprint density at radius 3 is 2.18 bits per heavy atom. The molecule has 0 bridgehead atoms. The molecular weight excluding hydrogens is 443 g/mol. The molecule has 1 aromatic heterocycles. The first-order valence-electron chi connectivity index (χ1n) is 8.02. The highest BCUT2D eigenvalue weighted by Gasteiger charge is 2.28. The molecule has 0 aliphatic heterocycles. The van der Waals surface area contributed by atoms with Crippen LogP contribution < -0.4 is 4.72 Å². The first-order valence-corrected chi connectivity index (χ1v) is 11.7. The van der Waals surface area contributed by atoms with E-state index in [1.54, 1.807) is 24.3 Å². The molecule has 0 fully saturated rings. The van der Waals surface area contributed by atoms with E-state index in [9.17, 15) is 16.8 Å². The molecule has 6 nitrogen and oxygen atoms in total. The number of hydrogen-bond acceptors (Lipinski definition) is 4. The third-order valence-electron chi connectivity index (χ3n) is 4.09. The fourth-order valence-electron chi connectivity index (χ4n) is 2.84. The molecule has 10 heteroatoms. The van der Waals surface area contributed by atoms with Crippen LogP contribution in [0.25, 0.3) is 0 Å². The second-order valence-electron chi connectivity index (χ2n) is 6.02. The number of nitrogens with zero attached hydrogens (tertiary/aromatic N) is 1. The normalized spacial score (nSPS) is 12.1. The van der Waals surface area contributed by atoms with Gasteiger partial charge >= 0.3 is 0 Å². The second-order valence-corrected chi connectivity index (χ2v) is 10.2. The number of hydrogen-bond donors (Lipinski definition) is 1. The van der Waals surface area contributed by atoms with Crippen molar-refractivity contribution in [2.45, 2.75) is 23.6 Å². The summed E-state index contributed by atoms with van der Waals surface area (Å²) in [6.45, 7) is 2.96. The fraction of sp³-hybridized carbons (Fsp3) is 0.111. The first kappa shape index (κ1) is 20.7. The Labute approximate surface area is 173 Å². The largest absolute Gasteiger partial charge is 0.278 e. The average Bonchev–Trinajstić information content (AvgIpc) is 2.95. The van der Waals surface area contributed by atoms with Gasteiger partial charge in [0, 0.05) is 5.69 Å². The number of aromatic nitrogens is 1. The van der Waals surface area contributed by atoms with Crippen LogP contribution in [-0.4, -0.2) is 20.8 Å². The van der Waals surface area contributed by atoms with Crippen molar-refractivity contribution in [2.24, 2.45) is 0 Å². The number of nitrogens with one attached hydrogen (secondary N) is 1. The highest BCUT2D eigenvalue weighted by atomic mass is 35.5. The van der Waals surface area contributed by atoms with Crippen molar-refractivity contribution in [3.63, 3.8) is 0 Å². The number of rotatable bonds is 5. The summed E-state index contributed by atoms with van der Waals surface area (Å²) in [5.41, 5.74) is 0.427. The fourth-order valence-corrected chi connectivity index (χ4v) is 6.28. The standard InChI is InChI=1S/C18H16Cl2N2O4S2/c1-12-11-17(27(23,24)21-16-10-6-9-15(19)18(16)20)13(2)22(12)28(25,26)14-7-4-3-5-8-14/h3-11,21H,1-2H3. The summed E-state index contributed by atoms with van der Waals surface area (Å²) in [5.74, 6) is 0. The maximum atomic E-state index is 13.0. The van der Waals surface area contributed by atoms with Gasteiger partial charge in [0.05, 0.1) is 26.3 Å². The van der Waals surface area contributed by atoms with Gasteiger partial charge in [-0.1, -0.05) is 47.5 Å². The highest BCUT2D eigenvalue weighted by Crippen LogP contribution is 2.32. The quantitative estimate of drug-likeness (QED) is 0.611. The van der Waals surface area contributed by atoms with Gasteiger partial charge in [-0.15, -0.1) is 0 Å². The van der Waals surface area contributed by atoms with Gasteiger partial charge in [0.1, 0.15) is 4.90 Å². The van der Waals surface area contributed by atoms with E-state index in [0.717, 1.165) is 3.97 Å². The van der Waals surface area contributed by atoms with Crippen LogP contribution in [-0.2, 0) is 20.0 Å². The molecule has 148 valence electrons. The molecule has 0 amide bonds. The van der Waals surface area contributed by atoms with Gasteiger partial charge in [-0.3, -0.25) is 4.72 Å². The Hall–Kier alpha value is -2.00. The summed E-state index contributed by atoms with van der Waals surface area (Å²) in [5, 5.41) is 0.248. The van der Waals surface area contributed by atoms with E-state index >= 15 is 0 Å². The van der Waals surface area contributed by atoms with Gasteiger partial charge in [0.25, 0.3) is 20.0 Å². The van der Waals surface area contributed by atoms with Crippen LogP contribution in [0.4, 0.5) is 5.69 Å². The minimum atomic E-state index is -4.11. The minimum Gasteiger partial charge on any atom is -0.278 e. The monoisotopic (exact) mass is 458 g/mol. The SMILES string of the molecule is Cc1cc(S(=O)(=O)Nc2cccc(Cl)c2Cl)c(C)n1S(=O)(=O)c1ccccc1. The lowest BCUT2D eigenvalue weighted by atomic mass is 10.3. The van der Waals surface area contributed by atoms with Crippen molar-refractivity contribution in [1.29, 1.82) is 0 Å². The van der Waals surface area contributed by atoms with E-state index in [1.165, 1.54) is 44.2 Å². The topological polar surface area (TPSA) is 85.2 Å². The number of anilines is 1. The molecule has 1 N–H and O–H groups in total.